The Morgan fingerprint density at radius 2 is 1.93 bits per heavy atom. The minimum atomic E-state index is -0.475. The highest BCUT2D eigenvalue weighted by Crippen LogP contribution is 2.36. The fourth-order valence-corrected chi connectivity index (χ4v) is 3.75. The highest BCUT2D eigenvalue weighted by molar-refractivity contribution is 7.21. The summed E-state index contributed by atoms with van der Waals surface area (Å²) in [5.74, 6) is 0.804. The monoisotopic (exact) mass is 378 g/mol. The van der Waals surface area contributed by atoms with Crippen LogP contribution in [0.15, 0.2) is 60.9 Å². The number of rotatable bonds is 5. The number of hydrogen-bond donors (Lipinski definition) is 1. The molecule has 0 unspecified atom stereocenters. The second-order valence-corrected chi connectivity index (χ2v) is 6.72. The predicted octanol–water partition coefficient (Wildman–Crippen LogP) is 5.02. The maximum absolute atomic E-state index is 11.2. The van der Waals surface area contributed by atoms with E-state index in [4.69, 9.17) is 4.74 Å². The van der Waals surface area contributed by atoms with Crippen LogP contribution in [0.5, 0.6) is 5.75 Å². The number of fused-ring (bicyclic) bond motifs is 1. The molecule has 8 heteroatoms. The van der Waals surface area contributed by atoms with Crippen molar-refractivity contribution in [3.05, 3.63) is 71.0 Å². The van der Waals surface area contributed by atoms with Gasteiger partial charge in [-0.1, -0.05) is 30.3 Å². The molecular formula is C19H14N4O3S. The highest BCUT2D eigenvalue weighted by Gasteiger charge is 2.16. The molecule has 0 radical (unpaired) electrons. The molecule has 0 atom stereocenters. The lowest BCUT2D eigenvalue weighted by molar-refractivity contribution is -0.385. The summed E-state index contributed by atoms with van der Waals surface area (Å²) >= 11 is 1.57. The Morgan fingerprint density at radius 1 is 1.11 bits per heavy atom. The molecule has 0 aliphatic heterocycles. The molecule has 0 bridgehead atoms. The van der Waals surface area contributed by atoms with E-state index in [0.29, 0.717) is 11.5 Å². The van der Waals surface area contributed by atoms with Crippen molar-refractivity contribution in [3.8, 4) is 16.2 Å². The van der Waals surface area contributed by atoms with E-state index in [1.807, 2.05) is 36.4 Å². The van der Waals surface area contributed by atoms with Gasteiger partial charge in [0.05, 0.1) is 17.4 Å². The minimum absolute atomic E-state index is 0.108. The zero-order chi connectivity index (χ0) is 18.8. The maximum atomic E-state index is 11.2. The van der Waals surface area contributed by atoms with Crippen molar-refractivity contribution in [2.24, 2.45) is 0 Å². The molecule has 1 N–H and O–H groups in total. The summed E-state index contributed by atoms with van der Waals surface area (Å²) in [6, 6.07) is 16.7. The third kappa shape index (κ3) is 3.30. The van der Waals surface area contributed by atoms with E-state index in [1.165, 1.54) is 19.5 Å². The van der Waals surface area contributed by atoms with Gasteiger partial charge < -0.3 is 10.1 Å². The fourth-order valence-electron chi connectivity index (χ4n) is 2.75. The van der Waals surface area contributed by atoms with Crippen LogP contribution in [0.1, 0.15) is 0 Å². The first kappa shape index (κ1) is 16.9. The first-order valence-corrected chi connectivity index (χ1v) is 8.87. The van der Waals surface area contributed by atoms with E-state index in [9.17, 15) is 10.1 Å². The van der Waals surface area contributed by atoms with Crippen molar-refractivity contribution in [1.29, 1.82) is 0 Å². The molecule has 0 saturated carbocycles. The van der Waals surface area contributed by atoms with Crippen LogP contribution in [-0.4, -0.2) is 22.0 Å². The average Bonchev–Trinajstić information content (AvgIpc) is 3.14. The molecule has 134 valence electrons. The zero-order valence-electron chi connectivity index (χ0n) is 14.2. The van der Waals surface area contributed by atoms with Gasteiger partial charge in [-0.15, -0.1) is 11.3 Å². The summed E-state index contributed by atoms with van der Waals surface area (Å²) < 4.78 is 5.04. The molecule has 7 nitrogen and oxygen atoms in total. The van der Waals surface area contributed by atoms with Crippen LogP contribution >= 0.6 is 11.3 Å². The molecule has 27 heavy (non-hydrogen) atoms. The van der Waals surface area contributed by atoms with Crippen LogP contribution in [0.2, 0.25) is 0 Å². The highest BCUT2D eigenvalue weighted by atomic mass is 32.1. The second-order valence-electron chi connectivity index (χ2n) is 5.69. The summed E-state index contributed by atoms with van der Waals surface area (Å²) in [7, 11) is 1.40. The van der Waals surface area contributed by atoms with E-state index >= 15 is 0 Å². The number of benzene rings is 2. The molecule has 0 spiro atoms. The number of methoxy groups -OCH3 is 1. The number of nitro benzene ring substituents is 1. The molecule has 2 aromatic carbocycles. The summed E-state index contributed by atoms with van der Waals surface area (Å²) in [6.45, 7) is 0. The van der Waals surface area contributed by atoms with Crippen molar-refractivity contribution in [3.63, 3.8) is 0 Å². The molecule has 4 aromatic rings. The SMILES string of the molecule is COc1ccc(Nc2ncnc3sc(-c4ccccc4)cc23)cc1[N+](=O)[O-]. The fraction of sp³-hybridized carbons (Fsp3) is 0.0526. The van der Waals surface area contributed by atoms with Gasteiger partial charge in [-0.25, -0.2) is 9.97 Å². The van der Waals surface area contributed by atoms with Gasteiger partial charge in [-0.05, 0) is 23.8 Å². The van der Waals surface area contributed by atoms with E-state index in [0.717, 1.165) is 20.7 Å². The van der Waals surface area contributed by atoms with Crippen molar-refractivity contribution < 1.29 is 9.66 Å². The molecule has 0 fully saturated rings. The van der Waals surface area contributed by atoms with E-state index in [2.05, 4.69) is 15.3 Å². The molecule has 0 amide bonds. The van der Waals surface area contributed by atoms with Gasteiger partial charge in [0.25, 0.3) is 0 Å². The van der Waals surface area contributed by atoms with Crippen LogP contribution in [0.4, 0.5) is 17.2 Å². The van der Waals surface area contributed by atoms with Gasteiger partial charge in [0.15, 0.2) is 5.75 Å². The van der Waals surface area contributed by atoms with Gasteiger partial charge in [0.2, 0.25) is 0 Å². The lowest BCUT2D eigenvalue weighted by Gasteiger charge is -2.08. The Labute approximate surface area is 158 Å². The van der Waals surface area contributed by atoms with E-state index in [-0.39, 0.29) is 11.4 Å². The summed E-state index contributed by atoms with van der Waals surface area (Å²) in [4.78, 5) is 21.3. The first-order valence-electron chi connectivity index (χ1n) is 8.05. The largest absolute Gasteiger partial charge is 0.490 e. The van der Waals surface area contributed by atoms with Crippen LogP contribution < -0.4 is 10.1 Å². The van der Waals surface area contributed by atoms with Gasteiger partial charge in [-0.2, -0.15) is 0 Å². The van der Waals surface area contributed by atoms with Crippen molar-refractivity contribution in [1.82, 2.24) is 9.97 Å². The van der Waals surface area contributed by atoms with Crippen LogP contribution in [-0.2, 0) is 0 Å². The number of thiophene rings is 1. The molecule has 0 saturated heterocycles. The second kappa shape index (κ2) is 7.00. The topological polar surface area (TPSA) is 90.2 Å². The van der Waals surface area contributed by atoms with Crippen molar-refractivity contribution in [2.75, 3.05) is 12.4 Å². The van der Waals surface area contributed by atoms with Crippen LogP contribution in [0.3, 0.4) is 0 Å². The molecule has 4 rings (SSSR count). The number of aromatic nitrogens is 2. The Morgan fingerprint density at radius 3 is 2.67 bits per heavy atom. The molecule has 2 aromatic heterocycles. The van der Waals surface area contributed by atoms with Crippen molar-refractivity contribution in [2.45, 2.75) is 0 Å². The van der Waals surface area contributed by atoms with Crippen LogP contribution in [0, 0.1) is 10.1 Å². The van der Waals surface area contributed by atoms with E-state index in [1.54, 1.807) is 23.5 Å². The molecular weight excluding hydrogens is 364 g/mol. The third-order valence-corrected chi connectivity index (χ3v) is 5.12. The normalized spacial score (nSPS) is 10.7. The number of anilines is 2. The van der Waals surface area contributed by atoms with Crippen LogP contribution in [0.25, 0.3) is 20.7 Å². The molecule has 0 aliphatic carbocycles. The predicted molar refractivity (Wildman–Crippen MR) is 106 cm³/mol. The quantitative estimate of drug-likeness (QED) is 0.387. The number of nitro groups is 1. The Balaban J connectivity index is 1.73. The third-order valence-electron chi connectivity index (χ3n) is 4.03. The zero-order valence-corrected chi connectivity index (χ0v) is 15.1. The molecule has 2 heterocycles. The number of nitrogens with one attached hydrogen (secondary N) is 1. The van der Waals surface area contributed by atoms with Gasteiger partial charge in [0.1, 0.15) is 17.0 Å². The summed E-state index contributed by atoms with van der Waals surface area (Å²) in [6.07, 6.45) is 1.48. The maximum Gasteiger partial charge on any atom is 0.312 e. The molecule has 0 aliphatic rings. The summed E-state index contributed by atoms with van der Waals surface area (Å²) in [5.41, 5.74) is 1.55. The number of ether oxygens (including phenoxy) is 1. The average molecular weight is 378 g/mol. The Bertz CT molecular complexity index is 1130. The van der Waals surface area contributed by atoms with Gasteiger partial charge in [-0.3, -0.25) is 10.1 Å². The lowest BCUT2D eigenvalue weighted by Crippen LogP contribution is -1.98. The smallest absolute Gasteiger partial charge is 0.312 e. The standard InChI is InChI=1S/C19H14N4O3S/c1-26-16-8-7-13(9-15(16)23(24)25)22-18-14-10-17(12-5-3-2-4-6-12)27-19(14)21-11-20-18/h2-11H,1H3,(H,20,21,22). The first-order chi connectivity index (χ1) is 13.2. The Hall–Kier alpha value is -3.52. The number of hydrogen-bond acceptors (Lipinski definition) is 7. The summed E-state index contributed by atoms with van der Waals surface area (Å²) in [5, 5.41) is 15.2. The van der Waals surface area contributed by atoms with Crippen molar-refractivity contribution >= 4 is 38.7 Å². The van der Waals surface area contributed by atoms with Gasteiger partial charge >= 0.3 is 5.69 Å². The lowest BCUT2D eigenvalue weighted by atomic mass is 10.2. The van der Waals surface area contributed by atoms with E-state index < -0.39 is 4.92 Å². The Kier molecular flexibility index (Phi) is 4.39. The van der Waals surface area contributed by atoms with Gasteiger partial charge in [0, 0.05) is 16.6 Å². The minimum Gasteiger partial charge on any atom is -0.490 e. The number of nitrogens with zero attached hydrogens (tertiary/aromatic N) is 3.